The molecule has 90 valence electrons. The Balaban J connectivity index is 2.70. The lowest BCUT2D eigenvalue weighted by Crippen LogP contribution is -2.29. The van der Waals surface area contributed by atoms with E-state index in [-0.39, 0.29) is 5.75 Å². The minimum Gasteiger partial charge on any atom is -0.380 e. The highest BCUT2D eigenvalue weighted by Gasteiger charge is 2.15. The fourth-order valence-electron chi connectivity index (χ4n) is 1.40. The minimum atomic E-state index is -3.50. The number of hydrogen-bond acceptors (Lipinski definition) is 3. The molecular formula is C10H14BrNO3S. The van der Waals surface area contributed by atoms with E-state index in [9.17, 15) is 8.42 Å². The van der Waals surface area contributed by atoms with Crippen LogP contribution in [0.4, 0.5) is 0 Å². The number of rotatable bonds is 5. The van der Waals surface area contributed by atoms with Gasteiger partial charge in [0.25, 0.3) is 0 Å². The highest BCUT2D eigenvalue weighted by Crippen LogP contribution is 2.14. The van der Waals surface area contributed by atoms with Crippen LogP contribution in [0.5, 0.6) is 0 Å². The number of sulfonamides is 1. The first kappa shape index (κ1) is 13.6. The maximum atomic E-state index is 10.9. The Morgan fingerprint density at radius 2 is 2.19 bits per heavy atom. The van der Waals surface area contributed by atoms with E-state index in [1.54, 1.807) is 0 Å². The molecule has 0 bridgehead atoms. The summed E-state index contributed by atoms with van der Waals surface area (Å²) in [6, 6.07) is 7.64. The molecule has 6 heteroatoms. The average molecular weight is 308 g/mol. The molecule has 0 fully saturated rings. The molecule has 0 aromatic heterocycles. The van der Waals surface area contributed by atoms with Gasteiger partial charge in [0.1, 0.15) is 0 Å². The van der Waals surface area contributed by atoms with Gasteiger partial charge in [0.15, 0.2) is 0 Å². The van der Waals surface area contributed by atoms with Gasteiger partial charge in [0.05, 0.1) is 11.9 Å². The normalized spacial score (nSPS) is 13.7. The highest BCUT2D eigenvalue weighted by molar-refractivity contribution is 9.10. The van der Waals surface area contributed by atoms with Gasteiger partial charge in [0, 0.05) is 11.6 Å². The quantitative estimate of drug-likeness (QED) is 0.891. The molecule has 4 nitrogen and oxygen atoms in total. The summed E-state index contributed by atoms with van der Waals surface area (Å²) in [4.78, 5) is 0. The summed E-state index contributed by atoms with van der Waals surface area (Å²) in [7, 11) is -2.02. The van der Waals surface area contributed by atoms with Crippen molar-refractivity contribution in [2.45, 2.75) is 12.5 Å². The van der Waals surface area contributed by atoms with Crippen molar-refractivity contribution in [3.8, 4) is 0 Å². The Kier molecular flexibility index (Phi) is 4.91. The van der Waals surface area contributed by atoms with E-state index in [0.717, 1.165) is 10.0 Å². The van der Waals surface area contributed by atoms with Gasteiger partial charge in [-0.25, -0.2) is 13.6 Å². The van der Waals surface area contributed by atoms with Gasteiger partial charge in [-0.15, -0.1) is 0 Å². The molecule has 0 saturated carbocycles. The Morgan fingerprint density at radius 1 is 1.50 bits per heavy atom. The molecule has 0 aliphatic heterocycles. The third kappa shape index (κ3) is 5.07. The zero-order valence-electron chi connectivity index (χ0n) is 8.89. The van der Waals surface area contributed by atoms with Crippen LogP contribution in [0.25, 0.3) is 0 Å². The van der Waals surface area contributed by atoms with Crippen LogP contribution in [0.15, 0.2) is 28.7 Å². The molecule has 2 N–H and O–H groups in total. The largest absolute Gasteiger partial charge is 0.380 e. The first-order valence-corrected chi connectivity index (χ1v) is 7.19. The molecule has 0 heterocycles. The number of hydrogen-bond donors (Lipinski definition) is 1. The molecule has 1 unspecified atom stereocenters. The lowest BCUT2D eigenvalue weighted by atomic mass is 10.1. The number of nitrogens with two attached hydrogens (primary N) is 1. The second kappa shape index (κ2) is 5.77. The minimum absolute atomic E-state index is 0.171. The van der Waals surface area contributed by atoms with Crippen molar-refractivity contribution in [3.05, 3.63) is 34.3 Å². The molecule has 0 amide bonds. The van der Waals surface area contributed by atoms with Gasteiger partial charge >= 0.3 is 0 Å². The Morgan fingerprint density at radius 3 is 2.69 bits per heavy atom. The monoisotopic (exact) mass is 307 g/mol. The number of methoxy groups -OCH3 is 1. The summed E-state index contributed by atoms with van der Waals surface area (Å²) in [5, 5.41) is 4.98. The highest BCUT2D eigenvalue weighted by atomic mass is 79.9. The van der Waals surface area contributed by atoms with Crippen LogP contribution in [-0.2, 0) is 21.2 Å². The zero-order valence-corrected chi connectivity index (χ0v) is 11.3. The predicted molar refractivity (Wildman–Crippen MR) is 66.6 cm³/mol. The molecule has 1 atom stereocenters. The maximum Gasteiger partial charge on any atom is 0.211 e. The molecule has 0 saturated heterocycles. The molecule has 16 heavy (non-hydrogen) atoms. The van der Waals surface area contributed by atoms with Crippen molar-refractivity contribution >= 4 is 26.0 Å². The van der Waals surface area contributed by atoms with Crippen LogP contribution in [-0.4, -0.2) is 27.4 Å². The number of primary sulfonamides is 1. The molecular weight excluding hydrogens is 294 g/mol. The van der Waals surface area contributed by atoms with E-state index in [0.29, 0.717) is 6.42 Å². The predicted octanol–water partition coefficient (Wildman–Crippen LogP) is 1.30. The maximum absolute atomic E-state index is 10.9. The summed E-state index contributed by atoms with van der Waals surface area (Å²) < 4.78 is 27.9. The Labute approximate surface area is 104 Å². The lowest BCUT2D eigenvalue weighted by molar-refractivity contribution is 0.121. The van der Waals surface area contributed by atoms with Gasteiger partial charge in [-0.05, 0) is 24.1 Å². The number of halogens is 1. The van der Waals surface area contributed by atoms with E-state index in [1.807, 2.05) is 24.3 Å². The standard InChI is InChI=1S/C10H14BrNO3S/c1-15-10(7-16(12,13)14)6-8-3-2-4-9(11)5-8/h2-5,10H,6-7H2,1H3,(H2,12,13,14). The molecule has 0 aliphatic rings. The average Bonchev–Trinajstić information content (AvgIpc) is 2.14. The second-order valence-corrected chi connectivity index (χ2v) is 6.10. The smallest absolute Gasteiger partial charge is 0.211 e. The third-order valence-electron chi connectivity index (χ3n) is 2.10. The lowest BCUT2D eigenvalue weighted by Gasteiger charge is -2.14. The van der Waals surface area contributed by atoms with E-state index in [4.69, 9.17) is 9.88 Å². The van der Waals surface area contributed by atoms with Crippen molar-refractivity contribution in [1.29, 1.82) is 0 Å². The van der Waals surface area contributed by atoms with Gasteiger partial charge in [-0.1, -0.05) is 28.1 Å². The van der Waals surface area contributed by atoms with Crippen LogP contribution < -0.4 is 5.14 Å². The Hall–Kier alpha value is -0.430. The van der Waals surface area contributed by atoms with Crippen molar-refractivity contribution in [2.75, 3.05) is 12.9 Å². The summed E-state index contributed by atoms with van der Waals surface area (Å²) >= 11 is 3.35. The van der Waals surface area contributed by atoms with Crippen molar-refractivity contribution < 1.29 is 13.2 Å². The first-order valence-electron chi connectivity index (χ1n) is 4.68. The molecule has 1 rings (SSSR count). The summed E-state index contributed by atoms with van der Waals surface area (Å²) in [5.74, 6) is -0.171. The van der Waals surface area contributed by atoms with Gasteiger partial charge in [-0.2, -0.15) is 0 Å². The van der Waals surface area contributed by atoms with Crippen LogP contribution in [0.3, 0.4) is 0 Å². The second-order valence-electron chi connectivity index (χ2n) is 3.52. The fraction of sp³-hybridized carbons (Fsp3) is 0.400. The molecule has 0 spiro atoms. The number of ether oxygens (including phenoxy) is 1. The van der Waals surface area contributed by atoms with E-state index >= 15 is 0 Å². The van der Waals surface area contributed by atoms with Crippen LogP contribution in [0, 0.1) is 0 Å². The van der Waals surface area contributed by atoms with Crippen LogP contribution >= 0.6 is 15.9 Å². The third-order valence-corrected chi connectivity index (χ3v) is 3.43. The Bertz CT molecular complexity index is 447. The number of benzene rings is 1. The molecule has 0 radical (unpaired) electrons. The zero-order chi connectivity index (χ0) is 12.2. The summed E-state index contributed by atoms with van der Waals surface area (Å²) in [6.07, 6.45) is 0.108. The van der Waals surface area contributed by atoms with E-state index in [1.165, 1.54) is 7.11 Å². The van der Waals surface area contributed by atoms with Gasteiger partial charge < -0.3 is 4.74 Å². The summed E-state index contributed by atoms with van der Waals surface area (Å²) in [5.41, 5.74) is 1.00. The van der Waals surface area contributed by atoms with Crippen LogP contribution in [0.1, 0.15) is 5.56 Å². The van der Waals surface area contributed by atoms with E-state index in [2.05, 4.69) is 15.9 Å². The van der Waals surface area contributed by atoms with E-state index < -0.39 is 16.1 Å². The van der Waals surface area contributed by atoms with Gasteiger partial charge in [-0.3, -0.25) is 0 Å². The SMILES string of the molecule is COC(Cc1cccc(Br)c1)CS(N)(=O)=O. The van der Waals surface area contributed by atoms with Crippen molar-refractivity contribution in [1.82, 2.24) is 0 Å². The summed E-state index contributed by atoms with van der Waals surface area (Å²) in [6.45, 7) is 0. The van der Waals surface area contributed by atoms with Crippen molar-refractivity contribution in [2.24, 2.45) is 5.14 Å². The first-order chi connectivity index (χ1) is 7.40. The van der Waals surface area contributed by atoms with Crippen LogP contribution in [0.2, 0.25) is 0 Å². The molecule has 1 aromatic carbocycles. The topological polar surface area (TPSA) is 69.4 Å². The fourth-order valence-corrected chi connectivity index (χ4v) is 2.62. The van der Waals surface area contributed by atoms with Crippen molar-refractivity contribution in [3.63, 3.8) is 0 Å². The van der Waals surface area contributed by atoms with Gasteiger partial charge in [0.2, 0.25) is 10.0 Å². The molecule has 0 aliphatic carbocycles. The molecule has 1 aromatic rings.